The van der Waals surface area contributed by atoms with E-state index in [1.807, 2.05) is 6.92 Å². The molecule has 12 heavy (non-hydrogen) atoms. The van der Waals surface area contributed by atoms with E-state index < -0.39 is 0 Å². The summed E-state index contributed by atoms with van der Waals surface area (Å²) >= 11 is 0. The second kappa shape index (κ2) is 2.59. The Kier molecular flexibility index (Phi) is 1.68. The first-order valence-electron chi connectivity index (χ1n) is 4.49. The lowest BCUT2D eigenvalue weighted by molar-refractivity contribution is 0.446. The number of hydrogen-bond acceptors (Lipinski definition) is 2. The molecule has 2 N–H and O–H groups in total. The van der Waals surface area contributed by atoms with Crippen LogP contribution in [0.15, 0.2) is 0 Å². The molecular formula is C9H15N3. The minimum absolute atomic E-state index is 0.158. The lowest BCUT2D eigenvalue weighted by Crippen LogP contribution is -2.22. The van der Waals surface area contributed by atoms with Gasteiger partial charge in [0, 0.05) is 12.2 Å². The lowest BCUT2D eigenvalue weighted by Gasteiger charge is -2.20. The van der Waals surface area contributed by atoms with Crippen LogP contribution in [0, 0.1) is 13.8 Å². The molecule has 2 rings (SSSR count). The van der Waals surface area contributed by atoms with Crippen molar-refractivity contribution in [3.05, 3.63) is 17.2 Å². The predicted octanol–water partition coefficient (Wildman–Crippen LogP) is 1.29. The van der Waals surface area contributed by atoms with Crippen molar-refractivity contribution in [3.63, 3.8) is 0 Å². The van der Waals surface area contributed by atoms with E-state index in [2.05, 4.69) is 16.5 Å². The Hall–Kier alpha value is -0.830. The van der Waals surface area contributed by atoms with Crippen LogP contribution in [0.25, 0.3) is 0 Å². The first kappa shape index (κ1) is 7.80. The van der Waals surface area contributed by atoms with Gasteiger partial charge in [0.1, 0.15) is 5.82 Å². The zero-order valence-electron chi connectivity index (χ0n) is 7.67. The average molecular weight is 165 g/mol. The van der Waals surface area contributed by atoms with Crippen LogP contribution in [-0.4, -0.2) is 9.55 Å². The van der Waals surface area contributed by atoms with Gasteiger partial charge in [0.2, 0.25) is 0 Å². The first-order valence-corrected chi connectivity index (χ1v) is 4.49. The van der Waals surface area contributed by atoms with Gasteiger partial charge in [-0.25, -0.2) is 4.98 Å². The highest BCUT2D eigenvalue weighted by molar-refractivity contribution is 5.17. The van der Waals surface area contributed by atoms with Crippen molar-refractivity contribution in [2.75, 3.05) is 0 Å². The smallest absolute Gasteiger partial charge is 0.126 e. The molecule has 1 atom stereocenters. The number of nitrogens with two attached hydrogens (primary N) is 1. The Labute approximate surface area is 72.6 Å². The van der Waals surface area contributed by atoms with E-state index in [1.165, 1.54) is 12.1 Å². The molecule has 0 aliphatic carbocycles. The van der Waals surface area contributed by atoms with Crippen molar-refractivity contribution in [3.8, 4) is 0 Å². The zero-order chi connectivity index (χ0) is 8.72. The standard InChI is InChI=1S/C9H15N3/c1-6-7(2)12-5-3-4-8(10)9(12)11-6/h8H,3-5,10H2,1-2H3. The van der Waals surface area contributed by atoms with Gasteiger partial charge in [0.15, 0.2) is 0 Å². The molecule has 0 amide bonds. The SMILES string of the molecule is Cc1nc2n(c1C)CCCC2N. The quantitative estimate of drug-likeness (QED) is 0.629. The second-order valence-corrected chi connectivity index (χ2v) is 3.54. The third-order valence-electron chi connectivity index (χ3n) is 2.72. The van der Waals surface area contributed by atoms with Gasteiger partial charge in [-0.2, -0.15) is 0 Å². The van der Waals surface area contributed by atoms with E-state index in [9.17, 15) is 0 Å². The Morgan fingerprint density at radius 3 is 2.92 bits per heavy atom. The van der Waals surface area contributed by atoms with Gasteiger partial charge in [-0.15, -0.1) is 0 Å². The van der Waals surface area contributed by atoms with Crippen LogP contribution in [0.5, 0.6) is 0 Å². The minimum Gasteiger partial charge on any atom is -0.331 e. The second-order valence-electron chi connectivity index (χ2n) is 3.54. The van der Waals surface area contributed by atoms with Crippen molar-refractivity contribution in [1.82, 2.24) is 9.55 Å². The normalized spacial score (nSPS) is 22.4. The summed E-state index contributed by atoms with van der Waals surface area (Å²) in [5.41, 5.74) is 8.35. The summed E-state index contributed by atoms with van der Waals surface area (Å²) in [5, 5.41) is 0. The zero-order valence-corrected chi connectivity index (χ0v) is 7.67. The highest BCUT2D eigenvalue weighted by Crippen LogP contribution is 2.24. The van der Waals surface area contributed by atoms with Gasteiger partial charge in [-0.3, -0.25) is 0 Å². The Bertz CT molecular complexity index is 301. The molecule has 0 bridgehead atoms. The first-order chi connectivity index (χ1) is 5.70. The molecule has 1 aliphatic rings. The minimum atomic E-state index is 0.158. The van der Waals surface area contributed by atoms with Crippen LogP contribution in [0.4, 0.5) is 0 Å². The van der Waals surface area contributed by atoms with Gasteiger partial charge in [0.25, 0.3) is 0 Å². The van der Waals surface area contributed by atoms with Gasteiger partial charge in [-0.05, 0) is 26.7 Å². The monoisotopic (exact) mass is 165 g/mol. The predicted molar refractivity (Wildman–Crippen MR) is 47.9 cm³/mol. The number of hydrogen-bond donors (Lipinski definition) is 1. The molecule has 66 valence electrons. The number of rotatable bonds is 0. The molecule has 3 heteroatoms. The topological polar surface area (TPSA) is 43.8 Å². The number of nitrogens with zero attached hydrogens (tertiary/aromatic N) is 2. The van der Waals surface area contributed by atoms with E-state index in [4.69, 9.17) is 5.73 Å². The van der Waals surface area contributed by atoms with Crippen molar-refractivity contribution in [1.29, 1.82) is 0 Å². The summed E-state index contributed by atoms with van der Waals surface area (Å²) in [6, 6.07) is 0.158. The van der Waals surface area contributed by atoms with Crippen LogP contribution in [-0.2, 0) is 6.54 Å². The van der Waals surface area contributed by atoms with Crippen LogP contribution in [0.1, 0.15) is 36.1 Å². The van der Waals surface area contributed by atoms with Gasteiger partial charge in [0.05, 0.1) is 11.7 Å². The number of aryl methyl sites for hydroxylation is 1. The summed E-state index contributed by atoms with van der Waals surface area (Å²) in [6.07, 6.45) is 2.26. The highest BCUT2D eigenvalue weighted by Gasteiger charge is 2.20. The Balaban J connectivity index is 2.52. The van der Waals surface area contributed by atoms with Crippen LogP contribution >= 0.6 is 0 Å². The van der Waals surface area contributed by atoms with Gasteiger partial charge >= 0.3 is 0 Å². The number of fused-ring (bicyclic) bond motifs is 1. The van der Waals surface area contributed by atoms with E-state index in [1.54, 1.807) is 0 Å². The summed E-state index contributed by atoms with van der Waals surface area (Å²) in [5.74, 6) is 1.08. The maximum absolute atomic E-state index is 5.95. The van der Waals surface area contributed by atoms with Crippen molar-refractivity contribution in [2.24, 2.45) is 5.73 Å². The maximum atomic E-state index is 5.95. The maximum Gasteiger partial charge on any atom is 0.126 e. The number of aromatic nitrogens is 2. The van der Waals surface area contributed by atoms with E-state index in [0.29, 0.717) is 0 Å². The number of imidazole rings is 1. The fourth-order valence-electron chi connectivity index (χ4n) is 1.84. The summed E-state index contributed by atoms with van der Waals surface area (Å²) in [4.78, 5) is 4.47. The molecular weight excluding hydrogens is 150 g/mol. The third-order valence-corrected chi connectivity index (χ3v) is 2.72. The lowest BCUT2D eigenvalue weighted by atomic mass is 10.1. The van der Waals surface area contributed by atoms with Crippen LogP contribution < -0.4 is 5.73 Å². The third kappa shape index (κ3) is 0.966. The summed E-state index contributed by atoms with van der Waals surface area (Å²) in [6.45, 7) is 5.26. The van der Waals surface area contributed by atoms with Crippen LogP contribution in [0.2, 0.25) is 0 Å². The molecule has 1 aliphatic heterocycles. The van der Waals surface area contributed by atoms with Crippen LogP contribution in [0.3, 0.4) is 0 Å². The molecule has 0 aromatic carbocycles. The Morgan fingerprint density at radius 2 is 2.25 bits per heavy atom. The van der Waals surface area contributed by atoms with E-state index in [0.717, 1.165) is 24.5 Å². The molecule has 1 aromatic heterocycles. The van der Waals surface area contributed by atoms with Gasteiger partial charge < -0.3 is 10.3 Å². The summed E-state index contributed by atoms with van der Waals surface area (Å²) < 4.78 is 2.25. The molecule has 3 nitrogen and oxygen atoms in total. The summed E-state index contributed by atoms with van der Waals surface area (Å²) in [7, 11) is 0. The molecule has 2 heterocycles. The molecule has 1 aromatic rings. The fraction of sp³-hybridized carbons (Fsp3) is 0.667. The largest absolute Gasteiger partial charge is 0.331 e. The Morgan fingerprint density at radius 1 is 1.50 bits per heavy atom. The molecule has 0 spiro atoms. The van der Waals surface area contributed by atoms with E-state index >= 15 is 0 Å². The molecule has 0 fully saturated rings. The average Bonchev–Trinajstić information content (AvgIpc) is 2.32. The van der Waals surface area contributed by atoms with Crippen molar-refractivity contribution < 1.29 is 0 Å². The van der Waals surface area contributed by atoms with E-state index in [-0.39, 0.29) is 6.04 Å². The molecule has 0 saturated carbocycles. The van der Waals surface area contributed by atoms with Crippen molar-refractivity contribution >= 4 is 0 Å². The molecule has 0 radical (unpaired) electrons. The van der Waals surface area contributed by atoms with Gasteiger partial charge in [-0.1, -0.05) is 0 Å². The highest BCUT2D eigenvalue weighted by atomic mass is 15.1. The molecule has 1 unspecified atom stereocenters. The van der Waals surface area contributed by atoms with Crippen molar-refractivity contribution in [2.45, 2.75) is 39.3 Å². The fourth-order valence-corrected chi connectivity index (χ4v) is 1.84. The molecule has 0 saturated heterocycles.